The lowest BCUT2D eigenvalue weighted by atomic mass is 10.2. The number of carbonyl (C=O) groups excluding carboxylic acids is 2. The highest BCUT2D eigenvalue weighted by Gasteiger charge is 2.35. The Labute approximate surface area is 140 Å². The van der Waals surface area contributed by atoms with Gasteiger partial charge in [-0.1, -0.05) is 6.07 Å². The van der Waals surface area contributed by atoms with Crippen LogP contribution in [0.5, 0.6) is 0 Å². The number of hydrogen-bond acceptors (Lipinski definition) is 5. The Morgan fingerprint density at radius 1 is 1.39 bits per heavy atom. The number of thiophene rings is 1. The zero-order valence-electron chi connectivity index (χ0n) is 13.2. The van der Waals surface area contributed by atoms with Gasteiger partial charge < -0.3 is 15.0 Å². The molecule has 23 heavy (non-hydrogen) atoms. The van der Waals surface area contributed by atoms with Crippen molar-refractivity contribution in [3.8, 4) is 0 Å². The normalized spacial score (nSPS) is 22.5. The van der Waals surface area contributed by atoms with E-state index in [1.807, 2.05) is 17.5 Å². The molecule has 3 heterocycles. The molecule has 0 unspecified atom stereocenters. The molecule has 126 valence electrons. The van der Waals surface area contributed by atoms with E-state index in [1.54, 1.807) is 16.2 Å². The van der Waals surface area contributed by atoms with Crippen LogP contribution in [0.2, 0.25) is 0 Å². The zero-order chi connectivity index (χ0) is 16.1. The van der Waals surface area contributed by atoms with Crippen LogP contribution in [0.1, 0.15) is 17.7 Å². The Kier molecular flexibility index (Phi) is 5.64. The van der Waals surface area contributed by atoms with Gasteiger partial charge in [0.2, 0.25) is 11.8 Å². The minimum atomic E-state index is -0.325. The topological polar surface area (TPSA) is 61.9 Å². The molecule has 2 saturated heterocycles. The number of carbonyl (C=O) groups is 2. The van der Waals surface area contributed by atoms with E-state index in [0.717, 1.165) is 37.7 Å². The summed E-state index contributed by atoms with van der Waals surface area (Å²) in [5, 5.41) is 4.98. The molecule has 0 spiro atoms. The predicted molar refractivity (Wildman–Crippen MR) is 88.2 cm³/mol. The van der Waals surface area contributed by atoms with Crippen molar-refractivity contribution in [2.75, 3.05) is 39.4 Å². The van der Waals surface area contributed by atoms with Gasteiger partial charge in [-0.25, -0.2) is 0 Å². The lowest BCUT2D eigenvalue weighted by molar-refractivity contribution is -0.135. The molecule has 0 saturated carbocycles. The highest BCUT2D eigenvalue weighted by atomic mass is 32.1. The largest absolute Gasteiger partial charge is 0.379 e. The molecule has 3 rings (SSSR count). The number of rotatable bonds is 6. The molecular formula is C16H23N3O3S. The van der Waals surface area contributed by atoms with E-state index in [9.17, 15) is 9.59 Å². The van der Waals surface area contributed by atoms with Crippen LogP contribution in [-0.2, 0) is 20.9 Å². The average Bonchev–Trinajstić information content (AvgIpc) is 3.20. The van der Waals surface area contributed by atoms with Crippen LogP contribution in [0.4, 0.5) is 0 Å². The van der Waals surface area contributed by atoms with Crippen LogP contribution < -0.4 is 5.32 Å². The first kappa shape index (κ1) is 16.4. The predicted octanol–water partition coefficient (Wildman–Crippen LogP) is 0.687. The lowest BCUT2D eigenvalue weighted by Crippen LogP contribution is -2.47. The summed E-state index contributed by atoms with van der Waals surface area (Å²) in [4.78, 5) is 29.6. The summed E-state index contributed by atoms with van der Waals surface area (Å²) < 4.78 is 5.31. The van der Waals surface area contributed by atoms with E-state index in [2.05, 4.69) is 10.2 Å². The van der Waals surface area contributed by atoms with Crippen LogP contribution in [-0.4, -0.2) is 67.0 Å². The van der Waals surface area contributed by atoms with Gasteiger partial charge in [-0.15, -0.1) is 11.3 Å². The number of morpholine rings is 1. The minimum absolute atomic E-state index is 0.0272. The number of hydrogen-bond donors (Lipinski definition) is 1. The van der Waals surface area contributed by atoms with Gasteiger partial charge in [-0.3, -0.25) is 14.5 Å². The maximum Gasteiger partial charge on any atom is 0.242 e. The fourth-order valence-corrected chi connectivity index (χ4v) is 3.76. The molecule has 2 fully saturated rings. The van der Waals surface area contributed by atoms with Gasteiger partial charge in [-0.2, -0.15) is 0 Å². The molecule has 6 nitrogen and oxygen atoms in total. The Bertz CT molecular complexity index is 529. The van der Waals surface area contributed by atoms with Crippen LogP contribution in [0, 0.1) is 0 Å². The Balaban J connectivity index is 1.48. The summed E-state index contributed by atoms with van der Waals surface area (Å²) in [6.45, 7) is 5.36. The summed E-state index contributed by atoms with van der Waals surface area (Å²) in [6, 6.07) is 3.65. The molecule has 2 amide bonds. The quantitative estimate of drug-likeness (QED) is 0.830. The molecule has 2 aliphatic heterocycles. The van der Waals surface area contributed by atoms with E-state index in [-0.39, 0.29) is 17.9 Å². The van der Waals surface area contributed by atoms with E-state index in [4.69, 9.17) is 4.74 Å². The number of nitrogens with one attached hydrogen (secondary N) is 1. The molecule has 1 atom stereocenters. The standard InChI is InChI=1S/C16H23N3O3S/c20-15-4-3-14(19(15)12-13-2-1-11-23-13)16(21)17-5-6-18-7-9-22-10-8-18/h1-2,11,14H,3-10,12H2,(H,17,21)/t14-/m0/s1. The van der Waals surface area contributed by atoms with Gasteiger partial charge in [-0.05, 0) is 17.9 Å². The third-order valence-electron chi connectivity index (χ3n) is 4.37. The van der Waals surface area contributed by atoms with Crippen LogP contribution >= 0.6 is 11.3 Å². The van der Waals surface area contributed by atoms with Gasteiger partial charge in [0.25, 0.3) is 0 Å². The van der Waals surface area contributed by atoms with E-state index in [1.165, 1.54) is 0 Å². The number of ether oxygens (including phenoxy) is 1. The van der Waals surface area contributed by atoms with Crippen molar-refractivity contribution < 1.29 is 14.3 Å². The van der Waals surface area contributed by atoms with Gasteiger partial charge in [0.05, 0.1) is 19.8 Å². The minimum Gasteiger partial charge on any atom is -0.379 e. The molecule has 1 N–H and O–H groups in total. The SMILES string of the molecule is O=C(NCCN1CCOCC1)[C@@H]1CCC(=O)N1Cc1cccs1. The van der Waals surface area contributed by atoms with Crippen molar-refractivity contribution >= 4 is 23.2 Å². The smallest absolute Gasteiger partial charge is 0.242 e. The third kappa shape index (κ3) is 4.31. The Morgan fingerprint density at radius 3 is 2.96 bits per heavy atom. The molecule has 0 aromatic carbocycles. The van der Waals surface area contributed by atoms with Crippen LogP contribution in [0.25, 0.3) is 0 Å². The average molecular weight is 337 g/mol. The molecule has 0 bridgehead atoms. The molecular weight excluding hydrogens is 314 g/mol. The monoisotopic (exact) mass is 337 g/mol. The fourth-order valence-electron chi connectivity index (χ4n) is 3.05. The maximum atomic E-state index is 12.4. The highest BCUT2D eigenvalue weighted by molar-refractivity contribution is 7.09. The van der Waals surface area contributed by atoms with Gasteiger partial charge in [0, 0.05) is 37.5 Å². The van der Waals surface area contributed by atoms with Gasteiger partial charge >= 0.3 is 0 Å². The van der Waals surface area contributed by atoms with Crippen molar-refractivity contribution in [3.05, 3.63) is 22.4 Å². The second-order valence-corrected chi connectivity index (χ2v) is 6.93. The second-order valence-electron chi connectivity index (χ2n) is 5.90. The number of likely N-dealkylation sites (tertiary alicyclic amines) is 1. The van der Waals surface area contributed by atoms with Crippen molar-refractivity contribution in [1.29, 1.82) is 0 Å². The summed E-state index contributed by atoms with van der Waals surface area (Å²) >= 11 is 1.62. The third-order valence-corrected chi connectivity index (χ3v) is 5.23. The molecule has 0 aliphatic carbocycles. The summed E-state index contributed by atoms with van der Waals surface area (Å²) in [7, 11) is 0. The second kappa shape index (κ2) is 7.90. The number of nitrogens with zero attached hydrogens (tertiary/aromatic N) is 2. The van der Waals surface area contributed by atoms with Gasteiger partial charge in [0.15, 0.2) is 0 Å². The van der Waals surface area contributed by atoms with E-state index >= 15 is 0 Å². The highest BCUT2D eigenvalue weighted by Crippen LogP contribution is 2.23. The molecule has 0 radical (unpaired) electrons. The van der Waals surface area contributed by atoms with Gasteiger partial charge in [0.1, 0.15) is 6.04 Å². The first-order valence-corrected chi connectivity index (χ1v) is 9.01. The van der Waals surface area contributed by atoms with Crippen molar-refractivity contribution in [2.45, 2.75) is 25.4 Å². The number of amides is 2. The van der Waals surface area contributed by atoms with E-state index < -0.39 is 0 Å². The van der Waals surface area contributed by atoms with E-state index in [0.29, 0.717) is 25.9 Å². The molecule has 7 heteroatoms. The first-order chi connectivity index (χ1) is 11.2. The van der Waals surface area contributed by atoms with Crippen molar-refractivity contribution in [2.24, 2.45) is 0 Å². The maximum absolute atomic E-state index is 12.4. The fraction of sp³-hybridized carbons (Fsp3) is 0.625. The Morgan fingerprint density at radius 2 is 2.22 bits per heavy atom. The van der Waals surface area contributed by atoms with Crippen LogP contribution in [0.15, 0.2) is 17.5 Å². The Hall–Kier alpha value is -1.44. The molecule has 1 aromatic heterocycles. The summed E-state index contributed by atoms with van der Waals surface area (Å²) in [6.07, 6.45) is 1.08. The first-order valence-electron chi connectivity index (χ1n) is 8.14. The van der Waals surface area contributed by atoms with Crippen molar-refractivity contribution in [3.63, 3.8) is 0 Å². The molecule has 2 aliphatic rings. The zero-order valence-corrected chi connectivity index (χ0v) is 14.0. The lowest BCUT2D eigenvalue weighted by Gasteiger charge is -2.27. The molecule has 1 aromatic rings. The van der Waals surface area contributed by atoms with Crippen molar-refractivity contribution in [1.82, 2.24) is 15.1 Å². The summed E-state index contributed by atoms with van der Waals surface area (Å²) in [5.74, 6) is 0.0485. The summed E-state index contributed by atoms with van der Waals surface area (Å²) in [5.41, 5.74) is 0. The van der Waals surface area contributed by atoms with Crippen LogP contribution in [0.3, 0.4) is 0 Å².